The van der Waals surface area contributed by atoms with Gasteiger partial charge in [-0.05, 0) is 61.8 Å². The Hall–Kier alpha value is -1.14. The van der Waals surface area contributed by atoms with Crippen LogP contribution in [0.15, 0.2) is 0 Å². The third kappa shape index (κ3) is 9.49. The summed E-state index contributed by atoms with van der Waals surface area (Å²) in [4.78, 5) is 26.7. The molecule has 0 spiro atoms. The molecule has 0 amide bonds. The predicted octanol–water partition coefficient (Wildman–Crippen LogP) is 5.67. The van der Waals surface area contributed by atoms with Crippen LogP contribution in [0.3, 0.4) is 0 Å². The Bertz CT molecular complexity index is 615. The zero-order valence-corrected chi connectivity index (χ0v) is 23.4. The third-order valence-electron chi connectivity index (χ3n) is 7.04. The van der Waals surface area contributed by atoms with Crippen molar-refractivity contribution in [2.45, 2.75) is 161 Å². The largest absolute Gasteiger partial charge is 0.462 e. The molecular weight excluding hydrogens is 428 g/mol. The molecule has 2 heterocycles. The molecule has 34 heavy (non-hydrogen) atoms. The molecule has 2 N–H and O–H groups in total. The SMILES string of the molecule is CCCCCCCC(C(=O)OC1CC(C)(C)NC(C)(C)C1)C(=O)OC1CC(C)(C)NC(C)(C)C1. The van der Waals surface area contributed by atoms with E-state index in [1.807, 2.05) is 0 Å². The Labute approximate surface area is 208 Å². The molecule has 2 aliphatic rings. The molecule has 0 radical (unpaired) electrons. The summed E-state index contributed by atoms with van der Waals surface area (Å²) in [5.41, 5.74) is -0.519. The molecule has 0 aliphatic carbocycles. The van der Waals surface area contributed by atoms with Crippen molar-refractivity contribution in [1.29, 1.82) is 0 Å². The number of ether oxygens (including phenoxy) is 2. The molecule has 0 aromatic rings. The van der Waals surface area contributed by atoms with E-state index in [1.165, 1.54) is 6.42 Å². The van der Waals surface area contributed by atoms with Crippen LogP contribution in [0.4, 0.5) is 0 Å². The third-order valence-corrected chi connectivity index (χ3v) is 7.04. The normalized spacial score (nSPS) is 24.1. The molecule has 2 fully saturated rings. The van der Waals surface area contributed by atoms with Crippen molar-refractivity contribution in [2.75, 3.05) is 0 Å². The van der Waals surface area contributed by atoms with Crippen molar-refractivity contribution < 1.29 is 19.1 Å². The van der Waals surface area contributed by atoms with Gasteiger partial charge in [0.1, 0.15) is 12.2 Å². The second-order valence-corrected chi connectivity index (χ2v) is 13.5. The number of carbonyl (C=O) groups is 2. The van der Waals surface area contributed by atoms with Crippen molar-refractivity contribution >= 4 is 11.9 Å². The van der Waals surface area contributed by atoms with Gasteiger partial charge in [0.2, 0.25) is 0 Å². The lowest BCUT2D eigenvalue weighted by atomic mass is 9.81. The Kier molecular flexibility index (Phi) is 9.65. The predicted molar refractivity (Wildman–Crippen MR) is 138 cm³/mol. The molecule has 2 saturated heterocycles. The maximum atomic E-state index is 13.3. The average molecular weight is 481 g/mol. The molecule has 198 valence electrons. The first-order valence-electron chi connectivity index (χ1n) is 13.5. The van der Waals surface area contributed by atoms with Crippen molar-refractivity contribution in [3.8, 4) is 0 Å². The van der Waals surface area contributed by atoms with E-state index in [4.69, 9.17) is 9.47 Å². The van der Waals surface area contributed by atoms with Gasteiger partial charge in [0.15, 0.2) is 5.92 Å². The number of hydrogen-bond donors (Lipinski definition) is 2. The first kappa shape index (κ1) is 29.1. The summed E-state index contributed by atoms with van der Waals surface area (Å²) in [6.45, 7) is 19.3. The zero-order chi connectivity index (χ0) is 25.8. The maximum absolute atomic E-state index is 13.3. The van der Waals surface area contributed by atoms with Crippen LogP contribution < -0.4 is 10.6 Å². The summed E-state index contributed by atoms with van der Waals surface area (Å²) < 4.78 is 12.0. The van der Waals surface area contributed by atoms with E-state index in [1.54, 1.807) is 0 Å². The summed E-state index contributed by atoms with van der Waals surface area (Å²) >= 11 is 0. The van der Waals surface area contributed by atoms with Crippen LogP contribution in [0.1, 0.15) is 127 Å². The molecule has 6 nitrogen and oxygen atoms in total. The molecule has 2 aliphatic heterocycles. The topological polar surface area (TPSA) is 76.7 Å². The van der Waals surface area contributed by atoms with Crippen molar-refractivity contribution in [2.24, 2.45) is 5.92 Å². The van der Waals surface area contributed by atoms with E-state index in [-0.39, 0.29) is 34.4 Å². The number of hydrogen-bond acceptors (Lipinski definition) is 6. The highest BCUT2D eigenvalue weighted by Crippen LogP contribution is 2.33. The van der Waals surface area contributed by atoms with E-state index in [0.29, 0.717) is 6.42 Å². The minimum absolute atomic E-state index is 0.130. The fourth-order valence-electron chi connectivity index (χ4n) is 6.40. The summed E-state index contributed by atoms with van der Waals surface area (Å²) in [5, 5.41) is 7.24. The molecule has 6 heteroatoms. The van der Waals surface area contributed by atoms with E-state index in [2.05, 4.69) is 72.9 Å². The van der Waals surface area contributed by atoms with Gasteiger partial charge >= 0.3 is 11.9 Å². The van der Waals surface area contributed by atoms with E-state index in [0.717, 1.165) is 51.4 Å². The Morgan fingerprint density at radius 2 is 1.03 bits per heavy atom. The molecule has 0 aromatic heterocycles. The molecule has 0 atom stereocenters. The Balaban J connectivity index is 2.08. The van der Waals surface area contributed by atoms with Gasteiger partial charge in [0.25, 0.3) is 0 Å². The number of piperidine rings is 2. The van der Waals surface area contributed by atoms with Gasteiger partial charge in [-0.25, -0.2) is 0 Å². The molecule has 0 saturated carbocycles. The highest BCUT2D eigenvalue weighted by atomic mass is 16.6. The fourth-order valence-corrected chi connectivity index (χ4v) is 6.40. The van der Waals surface area contributed by atoms with Crippen molar-refractivity contribution in [1.82, 2.24) is 10.6 Å². The van der Waals surface area contributed by atoms with Crippen LogP contribution in [0.25, 0.3) is 0 Å². The summed E-state index contributed by atoms with van der Waals surface area (Å²) in [7, 11) is 0. The van der Waals surface area contributed by atoms with Crippen LogP contribution in [0.2, 0.25) is 0 Å². The minimum Gasteiger partial charge on any atom is -0.462 e. The monoisotopic (exact) mass is 480 g/mol. The zero-order valence-electron chi connectivity index (χ0n) is 23.4. The number of rotatable bonds is 10. The van der Waals surface area contributed by atoms with E-state index in [9.17, 15) is 9.59 Å². The summed E-state index contributed by atoms with van der Waals surface area (Å²) in [6, 6.07) is 0. The van der Waals surface area contributed by atoms with E-state index >= 15 is 0 Å². The van der Waals surface area contributed by atoms with Crippen LogP contribution in [-0.2, 0) is 19.1 Å². The highest BCUT2D eigenvalue weighted by molar-refractivity contribution is 5.95. The van der Waals surface area contributed by atoms with Gasteiger partial charge in [-0.3, -0.25) is 9.59 Å². The average Bonchev–Trinajstić information content (AvgIpc) is 2.58. The first-order valence-corrected chi connectivity index (χ1v) is 13.5. The lowest BCUT2D eigenvalue weighted by Crippen LogP contribution is -2.60. The lowest BCUT2D eigenvalue weighted by Gasteiger charge is -2.46. The van der Waals surface area contributed by atoms with Gasteiger partial charge in [0, 0.05) is 47.8 Å². The van der Waals surface area contributed by atoms with Gasteiger partial charge in [-0.2, -0.15) is 0 Å². The van der Waals surface area contributed by atoms with E-state index < -0.39 is 17.9 Å². The van der Waals surface area contributed by atoms with Gasteiger partial charge < -0.3 is 20.1 Å². The molecule has 0 unspecified atom stereocenters. The summed E-state index contributed by atoms with van der Waals surface area (Å²) in [6.07, 6.45) is 8.35. The van der Waals surface area contributed by atoms with Gasteiger partial charge in [-0.15, -0.1) is 0 Å². The van der Waals surface area contributed by atoms with Crippen LogP contribution >= 0.6 is 0 Å². The molecular formula is C28H52N2O4. The number of unbranched alkanes of at least 4 members (excludes halogenated alkanes) is 4. The second-order valence-electron chi connectivity index (χ2n) is 13.5. The van der Waals surface area contributed by atoms with Crippen LogP contribution in [0, 0.1) is 5.92 Å². The lowest BCUT2D eigenvalue weighted by molar-refractivity contribution is -0.172. The van der Waals surface area contributed by atoms with Crippen LogP contribution in [0.5, 0.6) is 0 Å². The summed E-state index contributed by atoms with van der Waals surface area (Å²) in [5.74, 6) is -1.67. The number of carbonyl (C=O) groups excluding carboxylic acids is 2. The second kappa shape index (κ2) is 11.3. The molecule has 0 bridgehead atoms. The molecule has 2 rings (SSSR count). The Morgan fingerprint density at radius 1 is 0.676 bits per heavy atom. The van der Waals surface area contributed by atoms with Crippen molar-refractivity contribution in [3.05, 3.63) is 0 Å². The Morgan fingerprint density at radius 3 is 1.38 bits per heavy atom. The smallest absolute Gasteiger partial charge is 0.320 e. The van der Waals surface area contributed by atoms with Gasteiger partial charge in [0.05, 0.1) is 0 Å². The number of nitrogens with one attached hydrogen (secondary N) is 2. The fraction of sp³-hybridized carbons (Fsp3) is 0.929. The highest BCUT2D eigenvalue weighted by Gasteiger charge is 2.43. The molecule has 0 aromatic carbocycles. The first-order chi connectivity index (χ1) is 15.5. The van der Waals surface area contributed by atoms with Crippen molar-refractivity contribution in [3.63, 3.8) is 0 Å². The quantitative estimate of drug-likeness (QED) is 0.238. The maximum Gasteiger partial charge on any atom is 0.320 e. The van der Waals surface area contributed by atoms with Crippen LogP contribution in [-0.4, -0.2) is 46.3 Å². The standard InChI is InChI=1S/C28H52N2O4/c1-10-11-12-13-14-15-22(23(31)33-20-16-25(2,3)29-26(4,5)17-20)24(32)34-21-18-27(6,7)30-28(8,9)19-21/h20-22,29-30H,10-19H2,1-9H3. The number of esters is 2. The van der Waals surface area contributed by atoms with Gasteiger partial charge in [-0.1, -0.05) is 39.0 Å². The minimum atomic E-state index is -0.844.